The summed E-state index contributed by atoms with van der Waals surface area (Å²) in [6.45, 7) is 6.41. The lowest BCUT2D eigenvalue weighted by molar-refractivity contribution is -0.117. The predicted molar refractivity (Wildman–Crippen MR) is 91.7 cm³/mol. The van der Waals surface area contributed by atoms with Crippen LogP contribution in [0.25, 0.3) is 0 Å². The third-order valence-electron chi connectivity index (χ3n) is 7.52. The van der Waals surface area contributed by atoms with E-state index in [1.54, 1.807) is 0 Å². The molecule has 2 fully saturated rings. The van der Waals surface area contributed by atoms with Crippen molar-refractivity contribution >= 4 is 5.78 Å². The molecule has 0 heterocycles. The molecule has 0 saturated heterocycles. The van der Waals surface area contributed by atoms with Gasteiger partial charge in [0.2, 0.25) is 0 Å². The third-order valence-corrected chi connectivity index (χ3v) is 7.52. The van der Waals surface area contributed by atoms with Gasteiger partial charge in [-0.3, -0.25) is 4.79 Å². The maximum atomic E-state index is 11.9. The highest BCUT2D eigenvalue weighted by molar-refractivity contribution is 5.91. The second kappa shape index (κ2) is 5.44. The lowest BCUT2D eigenvalue weighted by Crippen LogP contribution is -2.54. The van der Waals surface area contributed by atoms with Crippen molar-refractivity contribution in [1.82, 2.24) is 0 Å². The molecule has 124 valence electrons. The van der Waals surface area contributed by atoms with Crippen molar-refractivity contribution < 1.29 is 9.90 Å². The van der Waals surface area contributed by atoms with Crippen LogP contribution in [0.2, 0.25) is 0 Å². The number of aliphatic hydroxyl groups excluding tert-OH is 1. The lowest BCUT2D eigenvalue weighted by Gasteiger charge is -2.58. The van der Waals surface area contributed by atoms with Gasteiger partial charge in [0, 0.05) is 11.8 Å². The van der Waals surface area contributed by atoms with Crippen LogP contribution in [0.1, 0.15) is 45.4 Å². The van der Waals surface area contributed by atoms with Gasteiger partial charge in [-0.25, -0.2) is 0 Å². The number of hydrogen-bond donors (Lipinski definition) is 1. The first kappa shape index (κ1) is 15.4. The Kier molecular flexibility index (Phi) is 3.64. The zero-order chi connectivity index (χ0) is 16.2. The van der Waals surface area contributed by atoms with Crippen molar-refractivity contribution in [3.8, 4) is 0 Å². The van der Waals surface area contributed by atoms with E-state index >= 15 is 0 Å². The Morgan fingerprint density at radius 3 is 3.00 bits per heavy atom. The van der Waals surface area contributed by atoms with E-state index in [1.165, 1.54) is 12.0 Å². The van der Waals surface area contributed by atoms with Gasteiger partial charge in [0.05, 0.1) is 6.10 Å². The molecule has 6 unspecified atom stereocenters. The fourth-order valence-electron chi connectivity index (χ4n) is 6.26. The lowest BCUT2D eigenvalue weighted by atomic mass is 9.46. The molecule has 23 heavy (non-hydrogen) atoms. The Hall–Kier alpha value is -1.15. The van der Waals surface area contributed by atoms with E-state index in [2.05, 4.69) is 25.7 Å². The Bertz CT molecular complexity index is 587. The first-order valence-corrected chi connectivity index (χ1v) is 9.25. The van der Waals surface area contributed by atoms with Gasteiger partial charge in [-0.15, -0.1) is 6.58 Å². The minimum Gasteiger partial charge on any atom is -0.388 e. The smallest absolute Gasteiger partial charge is 0.155 e. The van der Waals surface area contributed by atoms with Gasteiger partial charge in [-0.05, 0) is 67.8 Å². The summed E-state index contributed by atoms with van der Waals surface area (Å²) >= 11 is 0. The summed E-state index contributed by atoms with van der Waals surface area (Å²) in [5.41, 5.74) is 1.41. The van der Waals surface area contributed by atoms with Crippen LogP contribution in [-0.4, -0.2) is 17.0 Å². The molecule has 0 aromatic heterocycles. The van der Waals surface area contributed by atoms with Gasteiger partial charge in [0.15, 0.2) is 5.78 Å². The van der Waals surface area contributed by atoms with Crippen molar-refractivity contribution in [2.45, 2.75) is 51.6 Å². The molecule has 0 aromatic rings. The van der Waals surface area contributed by atoms with Crippen LogP contribution in [0.4, 0.5) is 0 Å². The number of aliphatic hydroxyl groups is 1. The molecule has 2 heteroatoms. The summed E-state index contributed by atoms with van der Waals surface area (Å²) in [6, 6.07) is 0. The van der Waals surface area contributed by atoms with E-state index in [9.17, 15) is 9.90 Å². The van der Waals surface area contributed by atoms with Gasteiger partial charge < -0.3 is 5.11 Å². The molecule has 0 spiro atoms. The molecular formula is C21H28O2. The highest BCUT2D eigenvalue weighted by Crippen LogP contribution is 2.61. The maximum absolute atomic E-state index is 11.9. The second-order valence-electron chi connectivity index (χ2n) is 8.44. The second-order valence-corrected chi connectivity index (χ2v) is 8.44. The summed E-state index contributed by atoms with van der Waals surface area (Å²) < 4.78 is 0. The highest BCUT2D eigenvalue weighted by atomic mass is 16.3. The number of allylic oxidation sites excluding steroid dienone is 4. The molecular weight excluding hydrogens is 284 g/mol. The Labute approximate surface area is 139 Å². The minimum absolute atomic E-state index is 0.0167. The van der Waals surface area contributed by atoms with Crippen LogP contribution in [0.3, 0.4) is 0 Å². The van der Waals surface area contributed by atoms with Crippen molar-refractivity contribution in [3.63, 3.8) is 0 Å². The zero-order valence-electron chi connectivity index (χ0n) is 14.1. The standard InChI is InChI=1S/C21H28O2/c1-3-13-11-14-12-15(22)7-8-16(14)17-9-10-21(2)18(20(13)17)5-4-6-19(21)23/h3-4,6,12-13,16-20,23H,1,5,7-11H2,2H3/t13-,16?,17?,18?,19?,20?,21?/m1/s1. The Morgan fingerprint density at radius 1 is 1.39 bits per heavy atom. The zero-order valence-corrected chi connectivity index (χ0v) is 14.1. The normalized spacial score (nSPS) is 48.8. The van der Waals surface area contributed by atoms with Crippen molar-refractivity contribution in [2.75, 3.05) is 0 Å². The van der Waals surface area contributed by atoms with Crippen molar-refractivity contribution in [2.24, 2.45) is 35.0 Å². The van der Waals surface area contributed by atoms with E-state index in [4.69, 9.17) is 0 Å². The summed E-state index contributed by atoms with van der Waals surface area (Å²) in [5.74, 6) is 3.19. The van der Waals surface area contributed by atoms with Crippen LogP contribution >= 0.6 is 0 Å². The molecule has 4 aliphatic carbocycles. The molecule has 4 aliphatic rings. The molecule has 2 saturated carbocycles. The quantitative estimate of drug-likeness (QED) is 0.741. The monoisotopic (exact) mass is 312 g/mol. The average molecular weight is 312 g/mol. The molecule has 1 N–H and O–H groups in total. The number of carbonyl (C=O) groups is 1. The van der Waals surface area contributed by atoms with Crippen molar-refractivity contribution in [3.05, 3.63) is 36.5 Å². The summed E-state index contributed by atoms with van der Waals surface area (Å²) in [4.78, 5) is 11.9. The number of ketones is 1. The fraction of sp³-hybridized carbons (Fsp3) is 0.667. The van der Waals surface area contributed by atoms with Crippen LogP contribution in [-0.2, 0) is 4.79 Å². The Morgan fingerprint density at radius 2 is 2.22 bits per heavy atom. The highest BCUT2D eigenvalue weighted by Gasteiger charge is 2.55. The number of carbonyl (C=O) groups excluding carboxylic acids is 1. The summed E-state index contributed by atoms with van der Waals surface area (Å²) in [6.07, 6.45) is 14.1. The van der Waals surface area contributed by atoms with Gasteiger partial charge in [0.1, 0.15) is 0 Å². The van der Waals surface area contributed by atoms with E-state index in [0.717, 1.165) is 32.1 Å². The number of rotatable bonds is 1. The maximum Gasteiger partial charge on any atom is 0.155 e. The van der Waals surface area contributed by atoms with Crippen molar-refractivity contribution in [1.29, 1.82) is 0 Å². The number of fused-ring (bicyclic) bond motifs is 5. The Balaban J connectivity index is 1.73. The third kappa shape index (κ3) is 2.21. The predicted octanol–water partition coefficient (Wildman–Crippen LogP) is 4.07. The molecule has 0 aliphatic heterocycles. The minimum atomic E-state index is -0.308. The average Bonchev–Trinajstić information content (AvgIpc) is 2.54. The van der Waals surface area contributed by atoms with E-state index in [1.807, 2.05) is 12.2 Å². The van der Waals surface area contributed by atoms with Crippen LogP contribution in [0.15, 0.2) is 36.5 Å². The van der Waals surface area contributed by atoms with Crippen LogP contribution in [0.5, 0.6) is 0 Å². The molecule has 7 atom stereocenters. The van der Waals surface area contributed by atoms with E-state index in [0.29, 0.717) is 35.4 Å². The summed E-state index contributed by atoms with van der Waals surface area (Å²) in [7, 11) is 0. The van der Waals surface area contributed by atoms with Gasteiger partial charge in [-0.2, -0.15) is 0 Å². The largest absolute Gasteiger partial charge is 0.388 e. The topological polar surface area (TPSA) is 37.3 Å². The molecule has 4 rings (SSSR count). The SMILES string of the molecule is C=C[C@@H]1CC2=CC(=O)CCC2C2CCC3(C)C(O)C=CCC3C21. The molecule has 0 aromatic carbocycles. The number of hydrogen-bond acceptors (Lipinski definition) is 2. The van der Waals surface area contributed by atoms with E-state index < -0.39 is 0 Å². The first-order chi connectivity index (χ1) is 11.0. The van der Waals surface area contributed by atoms with E-state index in [-0.39, 0.29) is 11.5 Å². The van der Waals surface area contributed by atoms with Gasteiger partial charge in [-0.1, -0.05) is 30.7 Å². The van der Waals surface area contributed by atoms with Crippen LogP contribution in [0, 0.1) is 35.0 Å². The molecule has 0 bridgehead atoms. The molecule has 2 nitrogen and oxygen atoms in total. The summed E-state index contributed by atoms with van der Waals surface area (Å²) in [5, 5.41) is 10.6. The fourth-order valence-corrected chi connectivity index (χ4v) is 6.26. The first-order valence-electron chi connectivity index (χ1n) is 9.25. The molecule has 0 amide bonds. The molecule has 0 radical (unpaired) electrons. The van der Waals surface area contributed by atoms with Gasteiger partial charge >= 0.3 is 0 Å². The van der Waals surface area contributed by atoms with Gasteiger partial charge in [0.25, 0.3) is 0 Å². The van der Waals surface area contributed by atoms with Crippen LogP contribution < -0.4 is 0 Å².